The first-order chi connectivity index (χ1) is 12.2. The Balaban J connectivity index is 1.75. The molecule has 0 aliphatic carbocycles. The predicted octanol–water partition coefficient (Wildman–Crippen LogP) is 6.27. The summed E-state index contributed by atoms with van der Waals surface area (Å²) in [4.78, 5) is 4.52. The normalized spacial score (nSPS) is 11.2. The summed E-state index contributed by atoms with van der Waals surface area (Å²) in [5.74, 6) is 0.899. The van der Waals surface area contributed by atoms with Crippen molar-refractivity contribution < 1.29 is 4.74 Å². The van der Waals surface area contributed by atoms with Crippen LogP contribution in [0, 0.1) is 13.8 Å². The molecule has 0 bridgehead atoms. The van der Waals surface area contributed by atoms with Gasteiger partial charge >= 0.3 is 0 Å². The van der Waals surface area contributed by atoms with Crippen molar-refractivity contribution >= 4 is 6.21 Å². The molecule has 0 saturated carbocycles. The van der Waals surface area contributed by atoms with Gasteiger partial charge in [-0.05, 0) is 55.7 Å². The molecule has 0 spiro atoms. The molecule has 2 nitrogen and oxygen atoms in total. The molecule has 2 rings (SSSR count). The van der Waals surface area contributed by atoms with Crippen LogP contribution in [0.2, 0.25) is 0 Å². The summed E-state index contributed by atoms with van der Waals surface area (Å²) >= 11 is 0. The molecular formula is C23H31NO. The lowest BCUT2D eigenvalue weighted by molar-refractivity contribution is 0.306. The molecule has 0 amide bonds. The molecule has 0 aromatic heterocycles. The maximum absolute atomic E-state index is 5.89. The molecule has 0 fully saturated rings. The number of aliphatic imine (C=N–C) groups is 1. The van der Waals surface area contributed by atoms with Crippen LogP contribution >= 0.6 is 0 Å². The second kappa shape index (κ2) is 10.7. The Kier molecular flexibility index (Phi) is 8.24. The number of rotatable bonds is 10. The van der Waals surface area contributed by atoms with Crippen LogP contribution in [0.15, 0.2) is 47.5 Å². The van der Waals surface area contributed by atoms with E-state index in [0.717, 1.165) is 17.9 Å². The van der Waals surface area contributed by atoms with E-state index in [9.17, 15) is 0 Å². The van der Waals surface area contributed by atoms with Gasteiger partial charge in [0.15, 0.2) is 0 Å². The van der Waals surface area contributed by atoms with Crippen molar-refractivity contribution in [3.63, 3.8) is 0 Å². The van der Waals surface area contributed by atoms with E-state index in [1.54, 1.807) is 0 Å². The SMILES string of the molecule is CCCCCCCN=Cc1ccc(OCc2cc(C)cc(C)c2)cc1. The maximum atomic E-state index is 5.89. The average molecular weight is 338 g/mol. The molecule has 2 heteroatoms. The number of ether oxygens (including phenoxy) is 1. The summed E-state index contributed by atoms with van der Waals surface area (Å²) < 4.78 is 5.89. The molecule has 2 aromatic rings. The minimum absolute atomic E-state index is 0.605. The number of aryl methyl sites for hydroxylation is 2. The van der Waals surface area contributed by atoms with Crippen molar-refractivity contribution in [2.75, 3.05) is 6.54 Å². The van der Waals surface area contributed by atoms with Crippen LogP contribution in [0.25, 0.3) is 0 Å². The lowest BCUT2D eigenvalue weighted by Crippen LogP contribution is -1.97. The molecule has 134 valence electrons. The van der Waals surface area contributed by atoms with Gasteiger partial charge in [0.25, 0.3) is 0 Å². The van der Waals surface area contributed by atoms with Gasteiger partial charge in [-0.15, -0.1) is 0 Å². The lowest BCUT2D eigenvalue weighted by Gasteiger charge is -2.08. The molecule has 2 aromatic carbocycles. The molecule has 0 unspecified atom stereocenters. The topological polar surface area (TPSA) is 21.6 Å². The van der Waals surface area contributed by atoms with E-state index >= 15 is 0 Å². The van der Waals surface area contributed by atoms with Gasteiger partial charge in [-0.2, -0.15) is 0 Å². The Labute approximate surface area is 153 Å². The second-order valence-electron chi connectivity index (χ2n) is 6.80. The van der Waals surface area contributed by atoms with Crippen LogP contribution in [0.1, 0.15) is 61.3 Å². The molecular weight excluding hydrogens is 306 g/mol. The molecule has 0 heterocycles. The first-order valence-electron chi connectivity index (χ1n) is 9.47. The van der Waals surface area contributed by atoms with Gasteiger partial charge in [-0.1, -0.05) is 61.9 Å². The average Bonchev–Trinajstić information content (AvgIpc) is 2.59. The predicted molar refractivity (Wildman–Crippen MR) is 108 cm³/mol. The minimum Gasteiger partial charge on any atom is -0.489 e. The van der Waals surface area contributed by atoms with E-state index in [4.69, 9.17) is 4.74 Å². The van der Waals surface area contributed by atoms with Crippen LogP contribution in [-0.4, -0.2) is 12.8 Å². The molecule has 0 N–H and O–H groups in total. The van der Waals surface area contributed by atoms with E-state index in [2.05, 4.69) is 56.1 Å². The number of nitrogens with zero attached hydrogens (tertiary/aromatic N) is 1. The summed E-state index contributed by atoms with van der Waals surface area (Å²) in [7, 11) is 0. The highest BCUT2D eigenvalue weighted by molar-refractivity contribution is 5.79. The molecule has 25 heavy (non-hydrogen) atoms. The standard InChI is InChI=1S/C23H31NO/c1-4-5-6-7-8-13-24-17-21-9-11-23(12-10-21)25-18-22-15-19(2)14-20(3)16-22/h9-12,14-17H,4-8,13,18H2,1-3H3. The zero-order chi connectivity index (χ0) is 17.9. The maximum Gasteiger partial charge on any atom is 0.119 e. The van der Waals surface area contributed by atoms with Gasteiger partial charge < -0.3 is 4.74 Å². The molecule has 0 saturated heterocycles. The van der Waals surface area contributed by atoms with Crippen molar-refractivity contribution in [3.8, 4) is 5.75 Å². The van der Waals surface area contributed by atoms with Crippen LogP contribution < -0.4 is 4.74 Å². The van der Waals surface area contributed by atoms with Gasteiger partial charge in [0.1, 0.15) is 12.4 Å². The van der Waals surface area contributed by atoms with Crippen molar-refractivity contribution in [1.82, 2.24) is 0 Å². The van der Waals surface area contributed by atoms with Crippen LogP contribution in [0.3, 0.4) is 0 Å². The first kappa shape index (κ1) is 19.2. The molecule has 0 radical (unpaired) electrons. The van der Waals surface area contributed by atoms with E-state index in [0.29, 0.717) is 6.61 Å². The molecule has 0 aliphatic rings. The van der Waals surface area contributed by atoms with E-state index in [1.165, 1.54) is 48.8 Å². The third-order valence-corrected chi connectivity index (χ3v) is 4.20. The van der Waals surface area contributed by atoms with Crippen LogP contribution in [0.5, 0.6) is 5.75 Å². The Bertz CT molecular complexity index is 638. The van der Waals surface area contributed by atoms with Crippen molar-refractivity contribution in [2.24, 2.45) is 4.99 Å². The molecule has 0 atom stereocenters. The first-order valence-corrected chi connectivity index (χ1v) is 9.47. The second-order valence-corrected chi connectivity index (χ2v) is 6.80. The van der Waals surface area contributed by atoms with Gasteiger partial charge in [-0.25, -0.2) is 0 Å². The highest BCUT2D eigenvalue weighted by atomic mass is 16.5. The van der Waals surface area contributed by atoms with E-state index in [1.807, 2.05) is 18.3 Å². The lowest BCUT2D eigenvalue weighted by atomic mass is 10.1. The Morgan fingerprint density at radius 3 is 2.24 bits per heavy atom. The van der Waals surface area contributed by atoms with Gasteiger partial charge in [0.2, 0.25) is 0 Å². The fourth-order valence-corrected chi connectivity index (χ4v) is 2.95. The largest absolute Gasteiger partial charge is 0.489 e. The summed E-state index contributed by atoms with van der Waals surface area (Å²) in [5.41, 5.74) is 4.90. The molecule has 0 aliphatic heterocycles. The highest BCUT2D eigenvalue weighted by Gasteiger charge is 1.99. The fourth-order valence-electron chi connectivity index (χ4n) is 2.95. The third-order valence-electron chi connectivity index (χ3n) is 4.20. The van der Waals surface area contributed by atoms with Crippen molar-refractivity contribution in [1.29, 1.82) is 0 Å². The van der Waals surface area contributed by atoms with Gasteiger partial charge in [-0.3, -0.25) is 4.99 Å². The fraction of sp³-hybridized carbons (Fsp3) is 0.435. The highest BCUT2D eigenvalue weighted by Crippen LogP contribution is 2.15. The van der Waals surface area contributed by atoms with Crippen LogP contribution in [-0.2, 0) is 6.61 Å². The summed E-state index contributed by atoms with van der Waals surface area (Å²) in [6.07, 6.45) is 8.41. The smallest absolute Gasteiger partial charge is 0.119 e. The number of benzene rings is 2. The Morgan fingerprint density at radius 1 is 0.880 bits per heavy atom. The third kappa shape index (κ3) is 7.55. The van der Waals surface area contributed by atoms with Crippen LogP contribution in [0.4, 0.5) is 0 Å². The summed E-state index contributed by atoms with van der Waals surface area (Å²) in [6, 6.07) is 14.7. The van der Waals surface area contributed by atoms with Gasteiger partial charge in [0, 0.05) is 12.8 Å². The number of hydrogen-bond acceptors (Lipinski definition) is 2. The van der Waals surface area contributed by atoms with Crippen molar-refractivity contribution in [3.05, 3.63) is 64.7 Å². The Morgan fingerprint density at radius 2 is 1.56 bits per heavy atom. The monoisotopic (exact) mass is 337 g/mol. The van der Waals surface area contributed by atoms with Crippen molar-refractivity contribution in [2.45, 2.75) is 59.5 Å². The quantitative estimate of drug-likeness (QED) is 0.370. The Hall–Kier alpha value is -2.09. The zero-order valence-electron chi connectivity index (χ0n) is 15.9. The summed E-state index contributed by atoms with van der Waals surface area (Å²) in [5, 5.41) is 0. The number of unbranched alkanes of at least 4 members (excludes halogenated alkanes) is 4. The number of hydrogen-bond donors (Lipinski definition) is 0. The summed E-state index contributed by atoms with van der Waals surface area (Å²) in [6.45, 7) is 8.01. The van der Waals surface area contributed by atoms with E-state index < -0.39 is 0 Å². The minimum atomic E-state index is 0.605. The van der Waals surface area contributed by atoms with E-state index in [-0.39, 0.29) is 0 Å². The zero-order valence-corrected chi connectivity index (χ0v) is 15.9. The van der Waals surface area contributed by atoms with Gasteiger partial charge in [0.05, 0.1) is 0 Å².